The Morgan fingerprint density at radius 2 is 2.12 bits per heavy atom. The van der Waals surface area contributed by atoms with Crippen molar-refractivity contribution in [3.63, 3.8) is 0 Å². The maximum atomic E-state index is 11.8. The number of hydrogen-bond donors (Lipinski definition) is 2. The van der Waals surface area contributed by atoms with Crippen molar-refractivity contribution in [3.8, 4) is 11.8 Å². The fourth-order valence-corrected chi connectivity index (χ4v) is 2.80. The van der Waals surface area contributed by atoms with Gasteiger partial charge in [-0.1, -0.05) is 5.92 Å². The summed E-state index contributed by atoms with van der Waals surface area (Å²) >= 11 is 0. The van der Waals surface area contributed by atoms with Crippen LogP contribution in [0.25, 0.3) is 0 Å². The molecule has 0 aromatic heterocycles. The Morgan fingerprint density at radius 3 is 2.75 bits per heavy atom. The summed E-state index contributed by atoms with van der Waals surface area (Å²) in [5.41, 5.74) is 0. The molecule has 2 aliphatic heterocycles. The smallest absolute Gasteiger partial charge is 0.128 e. The molecule has 2 fully saturated rings. The maximum absolute atomic E-state index is 11.8. The Labute approximate surface area is 96.8 Å². The Bertz CT molecular complexity index is 291. The van der Waals surface area contributed by atoms with E-state index in [-0.39, 0.29) is 17.1 Å². The van der Waals surface area contributed by atoms with Gasteiger partial charge in [0, 0.05) is 0 Å². The van der Waals surface area contributed by atoms with Gasteiger partial charge < -0.3 is 15.4 Å². The maximum Gasteiger partial charge on any atom is 0.128 e. The minimum Gasteiger partial charge on any atom is -0.634 e. The summed E-state index contributed by atoms with van der Waals surface area (Å²) in [5, 5.41) is 22.2. The number of aliphatic hydroxyl groups excluding tert-OH is 1. The van der Waals surface area contributed by atoms with E-state index in [1.54, 1.807) is 6.92 Å². The number of quaternary nitrogens is 1. The lowest BCUT2D eigenvalue weighted by Gasteiger charge is -2.24. The molecule has 0 aliphatic carbocycles. The molecular formula is C12H20N2O2. The average Bonchev–Trinajstić information content (AvgIpc) is 2.86. The number of nitrogens with zero attached hydrogens (tertiary/aromatic N) is 1. The molecule has 0 aromatic carbocycles. The van der Waals surface area contributed by atoms with E-state index in [9.17, 15) is 10.3 Å². The Balaban J connectivity index is 1.98. The molecule has 4 atom stereocenters. The highest BCUT2D eigenvalue weighted by atomic mass is 16.5. The molecule has 0 amide bonds. The van der Waals surface area contributed by atoms with Gasteiger partial charge in [-0.3, -0.25) is 4.90 Å². The van der Waals surface area contributed by atoms with E-state index < -0.39 is 6.10 Å². The molecule has 0 radical (unpaired) electrons. The molecular weight excluding hydrogens is 204 g/mol. The number of hydroxylamine groups is 2. The van der Waals surface area contributed by atoms with Crippen LogP contribution in [0.5, 0.6) is 0 Å². The molecule has 2 rings (SSSR count). The molecule has 2 saturated heterocycles. The van der Waals surface area contributed by atoms with Crippen molar-refractivity contribution in [2.75, 3.05) is 19.6 Å². The van der Waals surface area contributed by atoms with Crippen molar-refractivity contribution in [3.05, 3.63) is 5.21 Å². The highest BCUT2D eigenvalue weighted by Gasteiger charge is 2.44. The van der Waals surface area contributed by atoms with E-state index in [0.717, 1.165) is 13.1 Å². The van der Waals surface area contributed by atoms with Crippen molar-refractivity contribution in [1.82, 2.24) is 4.90 Å². The van der Waals surface area contributed by atoms with Crippen LogP contribution in [-0.4, -0.2) is 47.8 Å². The fourth-order valence-electron chi connectivity index (χ4n) is 2.80. The minimum atomic E-state index is -0.508. The number of likely N-dealkylation sites (tertiary alicyclic amines) is 1. The molecule has 0 aromatic rings. The van der Waals surface area contributed by atoms with Gasteiger partial charge in [0.25, 0.3) is 0 Å². The molecule has 2 aliphatic rings. The lowest BCUT2D eigenvalue weighted by Crippen LogP contribution is -3.10. The zero-order chi connectivity index (χ0) is 11.5. The van der Waals surface area contributed by atoms with E-state index in [4.69, 9.17) is 0 Å². The van der Waals surface area contributed by atoms with Crippen LogP contribution in [0.3, 0.4) is 0 Å². The second-order valence-electron chi connectivity index (χ2n) is 4.71. The first-order chi connectivity index (χ1) is 7.74. The van der Waals surface area contributed by atoms with Gasteiger partial charge in [0.2, 0.25) is 0 Å². The third-order valence-electron chi connectivity index (χ3n) is 3.74. The summed E-state index contributed by atoms with van der Waals surface area (Å²) in [6.45, 7) is 4.34. The first-order valence-corrected chi connectivity index (χ1v) is 6.08. The average molecular weight is 224 g/mol. The van der Waals surface area contributed by atoms with Gasteiger partial charge in [0.1, 0.15) is 12.1 Å². The monoisotopic (exact) mass is 224 g/mol. The highest BCUT2D eigenvalue weighted by Crippen LogP contribution is 2.18. The topological polar surface area (TPSA) is 51.0 Å². The normalized spacial score (nSPS) is 39.7. The van der Waals surface area contributed by atoms with Crippen LogP contribution in [-0.2, 0) is 0 Å². The second kappa shape index (κ2) is 5.15. The van der Waals surface area contributed by atoms with E-state index in [1.807, 2.05) is 0 Å². The van der Waals surface area contributed by atoms with Gasteiger partial charge in [-0.25, -0.2) is 0 Å². The number of rotatable bonds is 2. The zero-order valence-electron chi connectivity index (χ0n) is 9.78. The lowest BCUT2D eigenvalue weighted by atomic mass is 10.1. The molecule has 0 saturated carbocycles. The van der Waals surface area contributed by atoms with Gasteiger partial charge in [0.05, 0.1) is 19.0 Å². The molecule has 4 heteroatoms. The van der Waals surface area contributed by atoms with Crippen LogP contribution in [0.1, 0.15) is 26.2 Å². The van der Waals surface area contributed by atoms with Gasteiger partial charge in [0.15, 0.2) is 0 Å². The quantitative estimate of drug-likeness (QED) is 0.467. The summed E-state index contributed by atoms with van der Waals surface area (Å²) < 4.78 is 0. The first-order valence-electron chi connectivity index (χ1n) is 6.08. The molecule has 16 heavy (non-hydrogen) atoms. The van der Waals surface area contributed by atoms with E-state index in [1.165, 1.54) is 12.8 Å². The Morgan fingerprint density at radius 1 is 1.44 bits per heavy atom. The van der Waals surface area contributed by atoms with Crippen molar-refractivity contribution < 1.29 is 10.2 Å². The van der Waals surface area contributed by atoms with Crippen molar-refractivity contribution in [2.45, 2.75) is 44.4 Å². The second-order valence-corrected chi connectivity index (χ2v) is 4.71. The third kappa shape index (κ3) is 2.23. The summed E-state index contributed by atoms with van der Waals surface area (Å²) in [6, 6.07) is -0.197. The predicted molar refractivity (Wildman–Crippen MR) is 61.7 cm³/mol. The predicted octanol–water partition coefficient (Wildman–Crippen LogP) is -1.01. The zero-order valence-corrected chi connectivity index (χ0v) is 9.78. The first kappa shape index (κ1) is 11.9. The largest absolute Gasteiger partial charge is 0.634 e. The summed E-state index contributed by atoms with van der Waals surface area (Å²) in [4.78, 5) is 2.27. The van der Waals surface area contributed by atoms with Crippen LogP contribution < -0.4 is 5.06 Å². The minimum absolute atomic E-state index is 0.0543. The van der Waals surface area contributed by atoms with Gasteiger partial charge in [-0.15, -0.1) is 5.92 Å². The Hall–Kier alpha value is -0.600. The lowest BCUT2D eigenvalue weighted by molar-refractivity contribution is -0.863. The summed E-state index contributed by atoms with van der Waals surface area (Å²) in [6.07, 6.45) is 2.39. The molecule has 4 nitrogen and oxygen atoms in total. The molecule has 2 heterocycles. The number of hydrogen-bond acceptors (Lipinski definition) is 3. The van der Waals surface area contributed by atoms with Crippen LogP contribution in [0.4, 0.5) is 0 Å². The Kier molecular flexibility index (Phi) is 3.82. The summed E-state index contributed by atoms with van der Waals surface area (Å²) in [5.74, 6) is 5.71. The van der Waals surface area contributed by atoms with Crippen molar-refractivity contribution in [1.29, 1.82) is 0 Å². The van der Waals surface area contributed by atoms with Gasteiger partial charge in [-0.05, 0) is 32.9 Å². The third-order valence-corrected chi connectivity index (χ3v) is 3.74. The standard InChI is InChI=1S/C12H20N2O2/c1-2-3-6-10-12(15)11(9-14(10)16)13-7-4-5-8-13/h10-12,14-15H,4-9H2,1H3. The fraction of sp³-hybridized carbons (Fsp3) is 0.833. The van der Waals surface area contributed by atoms with E-state index in [0.29, 0.717) is 13.0 Å². The molecule has 0 spiro atoms. The molecule has 0 bridgehead atoms. The van der Waals surface area contributed by atoms with Crippen LogP contribution in [0, 0.1) is 17.0 Å². The molecule has 90 valence electrons. The number of nitrogens with one attached hydrogen (secondary N) is 1. The molecule has 2 N–H and O–H groups in total. The van der Waals surface area contributed by atoms with Crippen LogP contribution >= 0.6 is 0 Å². The number of aliphatic hydroxyl groups is 1. The van der Waals surface area contributed by atoms with Crippen LogP contribution in [0.2, 0.25) is 0 Å². The molecule has 4 unspecified atom stereocenters. The van der Waals surface area contributed by atoms with E-state index >= 15 is 0 Å². The van der Waals surface area contributed by atoms with Crippen molar-refractivity contribution in [2.24, 2.45) is 0 Å². The van der Waals surface area contributed by atoms with Gasteiger partial charge in [-0.2, -0.15) is 0 Å². The van der Waals surface area contributed by atoms with Gasteiger partial charge >= 0.3 is 0 Å². The van der Waals surface area contributed by atoms with Crippen LogP contribution in [0.15, 0.2) is 0 Å². The SMILES string of the molecule is CC#CCC1C(O)C(N2CCCC2)C[NH+]1[O-]. The highest BCUT2D eigenvalue weighted by molar-refractivity contribution is 5.01. The van der Waals surface area contributed by atoms with Crippen molar-refractivity contribution >= 4 is 0 Å². The van der Waals surface area contributed by atoms with E-state index in [2.05, 4.69) is 16.7 Å². The summed E-state index contributed by atoms with van der Waals surface area (Å²) in [7, 11) is 0.